The van der Waals surface area contributed by atoms with Gasteiger partial charge in [0.05, 0.1) is 42.8 Å². The van der Waals surface area contributed by atoms with E-state index in [0.717, 1.165) is 25.7 Å². The third-order valence-electron chi connectivity index (χ3n) is 6.95. The van der Waals surface area contributed by atoms with Crippen molar-refractivity contribution in [1.29, 1.82) is 0 Å². The molecule has 0 bridgehead atoms. The Bertz CT molecular complexity index is 1580. The molecule has 0 fully saturated rings. The van der Waals surface area contributed by atoms with Gasteiger partial charge in [-0.05, 0) is 54.4 Å². The molecular weight excluding hydrogens is 518 g/mol. The lowest BCUT2D eigenvalue weighted by atomic mass is 9.97. The minimum atomic E-state index is -0.773. The van der Waals surface area contributed by atoms with Gasteiger partial charge < -0.3 is 18.6 Å². The number of halogens is 1. The molecular formula is C31H30ClNO6. The SMILES string of the molecule is CCCCCCOc1ccc(C2c3c(oc4ccccc4c3=O)C(=O)N2c2ccc(OC)c(Cl)c2)cc1OC. The summed E-state index contributed by atoms with van der Waals surface area (Å²) in [5.74, 6) is 1.16. The summed E-state index contributed by atoms with van der Waals surface area (Å²) < 4.78 is 23.0. The Morgan fingerprint density at radius 2 is 1.67 bits per heavy atom. The first-order valence-electron chi connectivity index (χ1n) is 13.0. The molecule has 1 amide bonds. The number of methoxy groups -OCH3 is 2. The normalized spacial score (nSPS) is 14.5. The number of carbonyl (C=O) groups is 1. The van der Waals surface area contributed by atoms with Crippen molar-refractivity contribution in [2.45, 2.75) is 38.6 Å². The van der Waals surface area contributed by atoms with Crippen LogP contribution in [0.1, 0.15) is 60.3 Å². The van der Waals surface area contributed by atoms with Gasteiger partial charge in [0.1, 0.15) is 11.3 Å². The number of anilines is 1. The largest absolute Gasteiger partial charge is 0.495 e. The van der Waals surface area contributed by atoms with E-state index in [-0.39, 0.29) is 16.8 Å². The number of hydrogen-bond acceptors (Lipinski definition) is 6. The van der Waals surface area contributed by atoms with E-state index in [0.29, 0.717) is 51.1 Å². The van der Waals surface area contributed by atoms with Gasteiger partial charge in [-0.3, -0.25) is 14.5 Å². The second-order valence-electron chi connectivity index (χ2n) is 9.39. The molecule has 0 saturated carbocycles. The Labute approximate surface area is 231 Å². The first-order chi connectivity index (χ1) is 19.0. The Kier molecular flexibility index (Phi) is 7.79. The Balaban J connectivity index is 1.63. The third-order valence-corrected chi connectivity index (χ3v) is 7.25. The van der Waals surface area contributed by atoms with Crippen LogP contribution < -0.4 is 24.5 Å². The molecule has 0 radical (unpaired) electrons. The predicted octanol–water partition coefficient (Wildman–Crippen LogP) is 7.17. The monoisotopic (exact) mass is 547 g/mol. The maximum absolute atomic E-state index is 13.9. The summed E-state index contributed by atoms with van der Waals surface area (Å²) in [7, 11) is 3.09. The summed E-state index contributed by atoms with van der Waals surface area (Å²) in [5.41, 5.74) is 1.53. The molecule has 0 aliphatic carbocycles. The molecule has 0 N–H and O–H groups in total. The van der Waals surface area contributed by atoms with Crippen LogP contribution in [0.25, 0.3) is 11.0 Å². The molecule has 3 aromatic carbocycles. The van der Waals surface area contributed by atoms with E-state index >= 15 is 0 Å². The van der Waals surface area contributed by atoms with Crippen LogP contribution >= 0.6 is 11.6 Å². The van der Waals surface area contributed by atoms with E-state index in [1.807, 2.05) is 12.1 Å². The number of unbranched alkanes of at least 4 members (excludes halogenated alkanes) is 3. The number of fused-ring (bicyclic) bond motifs is 2. The maximum atomic E-state index is 13.9. The van der Waals surface area contributed by atoms with Crippen LogP contribution in [-0.4, -0.2) is 26.7 Å². The fourth-order valence-corrected chi connectivity index (χ4v) is 5.24. The van der Waals surface area contributed by atoms with Crippen molar-refractivity contribution >= 4 is 34.2 Å². The molecule has 0 spiro atoms. The molecule has 1 aliphatic rings. The third kappa shape index (κ3) is 4.94. The van der Waals surface area contributed by atoms with Gasteiger partial charge >= 0.3 is 0 Å². The molecule has 1 atom stereocenters. The molecule has 1 unspecified atom stereocenters. The van der Waals surface area contributed by atoms with Gasteiger partial charge in [0.2, 0.25) is 5.76 Å². The van der Waals surface area contributed by atoms with E-state index in [2.05, 4.69) is 6.92 Å². The van der Waals surface area contributed by atoms with Gasteiger partial charge in [-0.25, -0.2) is 0 Å². The standard InChI is InChI=1S/C31H30ClNO6/c1-4-5-6-9-16-38-25-14-12-19(17-26(25)37-3)28-27-29(34)21-10-7-8-11-23(21)39-30(27)31(35)33(28)20-13-15-24(36-2)22(32)18-20/h7-8,10-15,17-18,28H,4-6,9,16H2,1-3H3. The Morgan fingerprint density at radius 1 is 0.897 bits per heavy atom. The van der Waals surface area contributed by atoms with E-state index in [1.165, 1.54) is 12.0 Å². The number of benzene rings is 3. The average Bonchev–Trinajstić information content (AvgIpc) is 3.25. The molecule has 1 aliphatic heterocycles. The fraction of sp³-hybridized carbons (Fsp3) is 0.290. The van der Waals surface area contributed by atoms with Crippen molar-refractivity contribution in [3.63, 3.8) is 0 Å². The van der Waals surface area contributed by atoms with Crippen LogP contribution in [0.2, 0.25) is 5.02 Å². The number of para-hydroxylation sites is 1. The average molecular weight is 548 g/mol. The number of ether oxygens (including phenoxy) is 3. The van der Waals surface area contributed by atoms with Crippen LogP contribution in [0.5, 0.6) is 17.2 Å². The summed E-state index contributed by atoms with van der Waals surface area (Å²) in [6.45, 7) is 2.74. The van der Waals surface area contributed by atoms with Crippen LogP contribution in [0, 0.1) is 0 Å². The number of rotatable bonds is 10. The van der Waals surface area contributed by atoms with Crippen molar-refractivity contribution < 1.29 is 23.4 Å². The molecule has 1 aromatic heterocycles. The maximum Gasteiger partial charge on any atom is 0.295 e. The summed E-state index contributed by atoms with van der Waals surface area (Å²) in [5, 5.41) is 0.744. The second-order valence-corrected chi connectivity index (χ2v) is 9.79. The lowest BCUT2D eigenvalue weighted by molar-refractivity contribution is 0.0971. The lowest BCUT2D eigenvalue weighted by Gasteiger charge is -2.26. The van der Waals surface area contributed by atoms with Crippen LogP contribution in [0.3, 0.4) is 0 Å². The fourth-order valence-electron chi connectivity index (χ4n) is 4.99. The van der Waals surface area contributed by atoms with Crippen molar-refractivity contribution in [3.8, 4) is 17.2 Å². The Hall–Kier alpha value is -3.97. The smallest absolute Gasteiger partial charge is 0.295 e. The summed E-state index contributed by atoms with van der Waals surface area (Å²) >= 11 is 6.44. The van der Waals surface area contributed by atoms with Gasteiger partial charge in [0.25, 0.3) is 5.91 Å². The van der Waals surface area contributed by atoms with Crippen molar-refractivity contribution in [3.05, 3.63) is 92.8 Å². The van der Waals surface area contributed by atoms with E-state index in [4.69, 9.17) is 30.2 Å². The number of hydrogen-bond donors (Lipinski definition) is 0. The molecule has 8 heteroatoms. The summed E-state index contributed by atoms with van der Waals surface area (Å²) in [4.78, 5) is 29.2. The highest BCUT2D eigenvalue weighted by Crippen LogP contribution is 2.44. The van der Waals surface area contributed by atoms with Gasteiger partial charge in [0.15, 0.2) is 16.9 Å². The number of amides is 1. The molecule has 202 valence electrons. The summed E-state index contributed by atoms with van der Waals surface area (Å²) in [6, 6.07) is 16.7. The van der Waals surface area contributed by atoms with E-state index in [9.17, 15) is 9.59 Å². The van der Waals surface area contributed by atoms with Gasteiger partial charge in [-0.15, -0.1) is 0 Å². The van der Waals surface area contributed by atoms with Crippen LogP contribution in [0.15, 0.2) is 69.9 Å². The van der Waals surface area contributed by atoms with Gasteiger partial charge in [-0.2, -0.15) is 0 Å². The molecule has 7 nitrogen and oxygen atoms in total. The zero-order chi connectivity index (χ0) is 27.5. The van der Waals surface area contributed by atoms with Crippen molar-refractivity contribution in [2.24, 2.45) is 0 Å². The molecule has 4 aromatic rings. The number of carbonyl (C=O) groups excluding carboxylic acids is 1. The highest BCUT2D eigenvalue weighted by Gasteiger charge is 2.44. The molecule has 39 heavy (non-hydrogen) atoms. The van der Waals surface area contributed by atoms with Crippen LogP contribution in [-0.2, 0) is 0 Å². The topological polar surface area (TPSA) is 78.2 Å². The van der Waals surface area contributed by atoms with Gasteiger partial charge in [-0.1, -0.05) is 56.0 Å². The minimum absolute atomic E-state index is 0.00542. The zero-order valence-corrected chi connectivity index (χ0v) is 22.9. The second kappa shape index (κ2) is 11.4. The first-order valence-corrected chi connectivity index (χ1v) is 13.4. The lowest BCUT2D eigenvalue weighted by Crippen LogP contribution is -2.29. The molecule has 0 saturated heterocycles. The van der Waals surface area contributed by atoms with Gasteiger partial charge in [0, 0.05) is 5.69 Å². The summed E-state index contributed by atoms with van der Waals surface area (Å²) in [6.07, 6.45) is 4.36. The first kappa shape index (κ1) is 26.6. The zero-order valence-electron chi connectivity index (χ0n) is 22.2. The quantitative estimate of drug-likeness (QED) is 0.196. The van der Waals surface area contributed by atoms with Crippen molar-refractivity contribution in [2.75, 3.05) is 25.7 Å². The highest BCUT2D eigenvalue weighted by atomic mass is 35.5. The molecule has 2 heterocycles. The van der Waals surface area contributed by atoms with E-state index in [1.54, 1.807) is 55.6 Å². The minimum Gasteiger partial charge on any atom is -0.495 e. The number of nitrogens with zero attached hydrogens (tertiary/aromatic N) is 1. The van der Waals surface area contributed by atoms with Crippen molar-refractivity contribution in [1.82, 2.24) is 0 Å². The highest BCUT2D eigenvalue weighted by molar-refractivity contribution is 6.32. The van der Waals surface area contributed by atoms with Crippen LogP contribution in [0.4, 0.5) is 5.69 Å². The molecule has 5 rings (SSSR count). The Morgan fingerprint density at radius 3 is 2.41 bits per heavy atom. The van der Waals surface area contributed by atoms with E-state index < -0.39 is 11.9 Å². The predicted molar refractivity (Wildman–Crippen MR) is 152 cm³/mol.